The molecule has 7 heteroatoms. The van der Waals surface area contributed by atoms with Crippen molar-refractivity contribution in [2.75, 3.05) is 6.61 Å². The number of ether oxygens (including phenoxy) is 1. The number of benzene rings is 1. The zero-order valence-electron chi connectivity index (χ0n) is 19.6. The van der Waals surface area contributed by atoms with E-state index in [0.29, 0.717) is 5.15 Å². The third-order valence-electron chi connectivity index (χ3n) is 6.50. The van der Waals surface area contributed by atoms with Gasteiger partial charge in [0.1, 0.15) is 10.9 Å². The van der Waals surface area contributed by atoms with Crippen LogP contribution in [0.1, 0.15) is 57.5 Å². The van der Waals surface area contributed by atoms with Gasteiger partial charge in [-0.25, -0.2) is 9.67 Å². The molecule has 1 saturated heterocycles. The molecule has 3 aromatic rings. The van der Waals surface area contributed by atoms with Crippen LogP contribution >= 0.6 is 11.6 Å². The van der Waals surface area contributed by atoms with E-state index < -0.39 is 8.32 Å². The molecule has 1 atom stereocenters. The molecule has 0 radical (unpaired) electrons. The van der Waals surface area contributed by atoms with E-state index in [9.17, 15) is 0 Å². The van der Waals surface area contributed by atoms with Crippen LogP contribution in [0.5, 0.6) is 5.75 Å². The molecule has 0 saturated carbocycles. The minimum atomic E-state index is -1.94. The molecule has 5 nitrogen and oxygen atoms in total. The molecule has 1 aromatic carbocycles. The number of nitrogens with zero attached hydrogens (tertiary/aromatic N) is 3. The quantitative estimate of drug-likeness (QED) is 0.289. The molecule has 0 N–H and O–H groups in total. The van der Waals surface area contributed by atoms with Crippen molar-refractivity contribution in [3.05, 3.63) is 52.9 Å². The van der Waals surface area contributed by atoms with E-state index in [4.69, 9.17) is 25.9 Å². The van der Waals surface area contributed by atoms with Crippen molar-refractivity contribution in [1.82, 2.24) is 14.8 Å². The van der Waals surface area contributed by atoms with Gasteiger partial charge in [0.15, 0.2) is 6.23 Å². The van der Waals surface area contributed by atoms with Gasteiger partial charge in [-0.05, 0) is 73.3 Å². The SMILES string of the molecule is CC(C)(C)[Si](C)(C)Oc1ccc2c(c1)c(C=Cc1ccc(Cl)nc1)nn2C1CCCCO1. The van der Waals surface area contributed by atoms with E-state index in [2.05, 4.69) is 57.0 Å². The molecule has 0 bridgehead atoms. The minimum absolute atomic E-state index is 0.0299. The number of fused-ring (bicyclic) bond motifs is 1. The number of rotatable bonds is 5. The van der Waals surface area contributed by atoms with Crippen LogP contribution < -0.4 is 4.43 Å². The first-order valence-corrected chi connectivity index (χ1v) is 14.6. The van der Waals surface area contributed by atoms with Crippen LogP contribution in [0.4, 0.5) is 0 Å². The van der Waals surface area contributed by atoms with E-state index in [-0.39, 0.29) is 11.3 Å². The summed E-state index contributed by atoms with van der Waals surface area (Å²) in [6.45, 7) is 12.1. The topological polar surface area (TPSA) is 49.2 Å². The average Bonchev–Trinajstić information content (AvgIpc) is 3.11. The first-order valence-electron chi connectivity index (χ1n) is 11.3. The summed E-state index contributed by atoms with van der Waals surface area (Å²) >= 11 is 5.92. The van der Waals surface area contributed by atoms with Gasteiger partial charge in [0.25, 0.3) is 0 Å². The van der Waals surface area contributed by atoms with Crippen LogP contribution in [0.15, 0.2) is 36.5 Å². The van der Waals surface area contributed by atoms with Gasteiger partial charge in [0.05, 0.1) is 11.2 Å². The minimum Gasteiger partial charge on any atom is -0.543 e. The van der Waals surface area contributed by atoms with Gasteiger partial charge < -0.3 is 9.16 Å². The Balaban J connectivity index is 1.74. The molecule has 1 aliphatic rings. The van der Waals surface area contributed by atoms with E-state index in [1.807, 2.05) is 22.9 Å². The Morgan fingerprint density at radius 1 is 1.16 bits per heavy atom. The van der Waals surface area contributed by atoms with Crippen molar-refractivity contribution < 1.29 is 9.16 Å². The molecular formula is C25H32ClN3O2Si. The summed E-state index contributed by atoms with van der Waals surface area (Å²) in [6.07, 6.45) is 9.01. The third kappa shape index (κ3) is 4.92. The van der Waals surface area contributed by atoms with E-state index in [0.717, 1.165) is 53.8 Å². The summed E-state index contributed by atoms with van der Waals surface area (Å²) in [6, 6.07) is 10.0. The summed E-state index contributed by atoms with van der Waals surface area (Å²) in [5.74, 6) is 0.899. The maximum Gasteiger partial charge on any atom is 0.250 e. The standard InChI is InChI=1S/C25H32ClN3O2Si/c1-25(2,3)32(4,5)31-19-11-13-22-20(16-19)21(12-9-18-10-14-23(26)27-17-18)28-29(22)24-8-6-7-15-30-24/h9-14,16-17,24H,6-8,15H2,1-5H3. The Morgan fingerprint density at radius 2 is 1.97 bits per heavy atom. The number of halogens is 1. The predicted molar refractivity (Wildman–Crippen MR) is 135 cm³/mol. The Kier molecular flexibility index (Phi) is 6.48. The smallest absolute Gasteiger partial charge is 0.250 e. The van der Waals surface area contributed by atoms with Crippen molar-refractivity contribution in [2.24, 2.45) is 0 Å². The Labute approximate surface area is 196 Å². The van der Waals surface area contributed by atoms with Gasteiger partial charge in [-0.2, -0.15) is 5.10 Å². The molecule has 2 aromatic heterocycles. The molecule has 32 heavy (non-hydrogen) atoms. The predicted octanol–water partition coefficient (Wildman–Crippen LogP) is 7.34. The summed E-state index contributed by atoms with van der Waals surface area (Å²) in [4.78, 5) is 4.16. The van der Waals surface area contributed by atoms with Crippen LogP contribution in [0, 0.1) is 0 Å². The van der Waals surface area contributed by atoms with Crippen LogP contribution in [-0.4, -0.2) is 29.7 Å². The molecule has 0 amide bonds. The lowest BCUT2D eigenvalue weighted by Crippen LogP contribution is -2.43. The fourth-order valence-corrected chi connectivity index (χ4v) is 4.71. The second kappa shape index (κ2) is 9.00. The molecule has 3 heterocycles. The highest BCUT2D eigenvalue weighted by Crippen LogP contribution is 2.38. The second-order valence-corrected chi connectivity index (χ2v) is 15.1. The zero-order chi connectivity index (χ0) is 22.9. The fourth-order valence-electron chi connectivity index (χ4n) is 3.58. The summed E-state index contributed by atoms with van der Waals surface area (Å²) < 4.78 is 14.7. The Hall–Kier alpha value is -2.15. The highest BCUT2D eigenvalue weighted by atomic mass is 35.5. The monoisotopic (exact) mass is 469 g/mol. The average molecular weight is 470 g/mol. The fraction of sp³-hybridized carbons (Fsp3) is 0.440. The highest BCUT2D eigenvalue weighted by molar-refractivity contribution is 6.74. The van der Waals surface area contributed by atoms with Gasteiger partial charge in [-0.15, -0.1) is 0 Å². The maximum absolute atomic E-state index is 6.58. The van der Waals surface area contributed by atoms with Gasteiger partial charge in [0, 0.05) is 18.2 Å². The summed E-state index contributed by atoms with van der Waals surface area (Å²) in [5.41, 5.74) is 2.93. The maximum atomic E-state index is 6.58. The van der Waals surface area contributed by atoms with Crippen molar-refractivity contribution >= 4 is 43.0 Å². The van der Waals surface area contributed by atoms with Gasteiger partial charge in [-0.3, -0.25) is 0 Å². The van der Waals surface area contributed by atoms with Crippen molar-refractivity contribution in [3.8, 4) is 5.75 Å². The second-order valence-electron chi connectivity index (χ2n) is 9.94. The molecule has 170 valence electrons. The Morgan fingerprint density at radius 3 is 2.62 bits per heavy atom. The van der Waals surface area contributed by atoms with Crippen LogP contribution in [0.3, 0.4) is 0 Å². The Bertz CT molecular complexity index is 1110. The van der Waals surface area contributed by atoms with Crippen LogP contribution in [0.2, 0.25) is 23.3 Å². The van der Waals surface area contributed by atoms with E-state index in [1.165, 1.54) is 0 Å². The lowest BCUT2D eigenvalue weighted by molar-refractivity contribution is -0.0367. The highest BCUT2D eigenvalue weighted by Gasteiger charge is 2.39. The van der Waals surface area contributed by atoms with Crippen LogP contribution in [0.25, 0.3) is 23.1 Å². The molecule has 1 fully saturated rings. The summed E-state index contributed by atoms with van der Waals surface area (Å²) in [7, 11) is -1.94. The molecule has 1 aliphatic heterocycles. The van der Waals surface area contributed by atoms with E-state index in [1.54, 1.807) is 12.3 Å². The molecule has 4 rings (SSSR count). The van der Waals surface area contributed by atoms with E-state index >= 15 is 0 Å². The largest absolute Gasteiger partial charge is 0.543 e. The molecular weight excluding hydrogens is 438 g/mol. The lowest BCUT2D eigenvalue weighted by atomic mass is 10.1. The van der Waals surface area contributed by atoms with Crippen molar-refractivity contribution in [2.45, 2.75) is 64.4 Å². The molecule has 0 spiro atoms. The molecule has 1 unspecified atom stereocenters. The lowest BCUT2D eigenvalue weighted by Gasteiger charge is -2.36. The third-order valence-corrected chi connectivity index (χ3v) is 11.1. The normalized spacial score (nSPS) is 17.9. The number of hydrogen-bond donors (Lipinski definition) is 0. The van der Waals surface area contributed by atoms with Gasteiger partial charge in [-0.1, -0.05) is 44.5 Å². The van der Waals surface area contributed by atoms with Gasteiger partial charge >= 0.3 is 0 Å². The first-order chi connectivity index (χ1) is 15.1. The molecule has 0 aliphatic carbocycles. The number of pyridine rings is 1. The first kappa shape index (κ1) is 23.0. The number of hydrogen-bond acceptors (Lipinski definition) is 4. The van der Waals surface area contributed by atoms with Gasteiger partial charge in [0.2, 0.25) is 8.32 Å². The summed E-state index contributed by atoms with van der Waals surface area (Å²) in [5, 5.41) is 6.63. The zero-order valence-corrected chi connectivity index (χ0v) is 21.3. The van der Waals surface area contributed by atoms with Crippen molar-refractivity contribution in [3.63, 3.8) is 0 Å². The number of aromatic nitrogens is 3. The van der Waals surface area contributed by atoms with Crippen molar-refractivity contribution in [1.29, 1.82) is 0 Å². The van der Waals surface area contributed by atoms with Crippen LogP contribution in [-0.2, 0) is 4.74 Å².